The van der Waals surface area contributed by atoms with E-state index in [0.29, 0.717) is 5.56 Å². The molecular weight excluding hydrogens is 417 g/mol. The summed E-state index contributed by atoms with van der Waals surface area (Å²) in [6, 6.07) is 11.6. The van der Waals surface area contributed by atoms with Crippen molar-refractivity contribution >= 4 is 45.8 Å². The molecule has 1 fully saturated rings. The molecule has 4 rings (SSSR count). The van der Waals surface area contributed by atoms with Gasteiger partial charge in [0.05, 0.1) is 11.3 Å². The fraction of sp³-hybridized carbons (Fsp3) is 0.174. The highest BCUT2D eigenvalue weighted by Crippen LogP contribution is 2.32. The summed E-state index contributed by atoms with van der Waals surface area (Å²) in [5, 5.41) is 3.42. The number of hydrogen-bond donors (Lipinski definition) is 2. The Labute approximate surface area is 182 Å². The summed E-state index contributed by atoms with van der Waals surface area (Å²) in [4.78, 5) is 41.7. The summed E-state index contributed by atoms with van der Waals surface area (Å²) in [5.41, 5.74) is 3.61. The van der Waals surface area contributed by atoms with Crippen LogP contribution in [0.25, 0.3) is 17.0 Å². The van der Waals surface area contributed by atoms with Crippen LogP contribution < -0.4 is 5.32 Å². The molecule has 1 saturated heterocycles. The van der Waals surface area contributed by atoms with Crippen LogP contribution >= 0.6 is 11.8 Å². The Morgan fingerprint density at radius 2 is 1.97 bits per heavy atom. The molecule has 1 aromatic heterocycles. The number of halogens is 1. The lowest BCUT2D eigenvalue weighted by Crippen LogP contribution is -2.37. The van der Waals surface area contributed by atoms with E-state index in [4.69, 9.17) is 0 Å². The highest BCUT2D eigenvalue weighted by molar-refractivity contribution is 8.18. The highest BCUT2D eigenvalue weighted by atomic mass is 32.2. The Morgan fingerprint density at radius 3 is 2.74 bits per heavy atom. The number of H-pyrrole nitrogens is 1. The second kappa shape index (κ2) is 8.77. The molecule has 1 aliphatic rings. The van der Waals surface area contributed by atoms with Crippen molar-refractivity contribution in [3.63, 3.8) is 0 Å². The second-order valence-corrected chi connectivity index (χ2v) is 8.22. The molecule has 0 aliphatic carbocycles. The Kier molecular flexibility index (Phi) is 5.90. The standard InChI is InChI=1S/C23H20FN3O3S/c1-14-3-2-4-18-21(14)16(13-26-18)12-20(28)25-9-10-27-22(29)19(31-23(27)30)11-15-5-7-17(24)8-6-15/h2-8,11,13,26H,9-10,12H2,1H3,(H,25,28)/b19-11+. The number of carbonyl (C=O) groups excluding carboxylic acids is 3. The molecular formula is C23H20FN3O3S. The van der Waals surface area contributed by atoms with E-state index in [1.54, 1.807) is 6.08 Å². The predicted molar refractivity (Wildman–Crippen MR) is 119 cm³/mol. The van der Waals surface area contributed by atoms with E-state index in [0.717, 1.165) is 38.7 Å². The molecule has 1 aliphatic heterocycles. The van der Waals surface area contributed by atoms with E-state index in [-0.39, 0.29) is 41.4 Å². The van der Waals surface area contributed by atoms with Crippen LogP contribution in [0.1, 0.15) is 16.7 Å². The lowest BCUT2D eigenvalue weighted by molar-refractivity contribution is -0.124. The van der Waals surface area contributed by atoms with Crippen molar-refractivity contribution < 1.29 is 18.8 Å². The monoisotopic (exact) mass is 437 g/mol. The number of aromatic nitrogens is 1. The van der Waals surface area contributed by atoms with Gasteiger partial charge in [0.15, 0.2) is 0 Å². The van der Waals surface area contributed by atoms with Crippen molar-refractivity contribution in [1.29, 1.82) is 0 Å². The zero-order chi connectivity index (χ0) is 22.0. The van der Waals surface area contributed by atoms with Crippen LogP contribution in [0.2, 0.25) is 0 Å². The van der Waals surface area contributed by atoms with Crippen LogP contribution in [0.3, 0.4) is 0 Å². The predicted octanol–water partition coefficient (Wildman–Crippen LogP) is 4.01. The van der Waals surface area contributed by atoms with Crippen LogP contribution in [0, 0.1) is 12.7 Å². The van der Waals surface area contributed by atoms with Gasteiger partial charge in [-0.3, -0.25) is 19.3 Å². The highest BCUT2D eigenvalue weighted by Gasteiger charge is 2.34. The lowest BCUT2D eigenvalue weighted by Gasteiger charge is -2.13. The number of hydrogen-bond acceptors (Lipinski definition) is 4. The van der Waals surface area contributed by atoms with Gasteiger partial charge >= 0.3 is 0 Å². The molecule has 3 amide bonds. The largest absolute Gasteiger partial charge is 0.361 e. The van der Waals surface area contributed by atoms with Gasteiger partial charge in [-0.25, -0.2) is 4.39 Å². The molecule has 0 saturated carbocycles. The van der Waals surface area contributed by atoms with Crippen molar-refractivity contribution in [3.05, 3.63) is 76.1 Å². The van der Waals surface area contributed by atoms with Crippen LogP contribution in [-0.4, -0.2) is 40.0 Å². The number of nitrogens with one attached hydrogen (secondary N) is 2. The zero-order valence-electron chi connectivity index (χ0n) is 16.8. The summed E-state index contributed by atoms with van der Waals surface area (Å²) >= 11 is 0.834. The summed E-state index contributed by atoms with van der Waals surface area (Å²) in [5.74, 6) is -0.970. The number of carbonyl (C=O) groups is 3. The van der Waals surface area contributed by atoms with E-state index in [9.17, 15) is 18.8 Å². The molecule has 158 valence electrons. The topological polar surface area (TPSA) is 82.3 Å². The van der Waals surface area contributed by atoms with Gasteiger partial charge in [-0.2, -0.15) is 0 Å². The third-order valence-electron chi connectivity index (χ3n) is 5.05. The van der Waals surface area contributed by atoms with E-state index in [1.165, 1.54) is 24.3 Å². The van der Waals surface area contributed by atoms with Gasteiger partial charge in [-0.15, -0.1) is 0 Å². The SMILES string of the molecule is Cc1cccc2[nH]cc(CC(=O)NCCN3C(=O)S/C(=C/c4ccc(F)cc4)C3=O)c12. The number of fused-ring (bicyclic) bond motifs is 1. The molecule has 2 N–H and O–H groups in total. The number of aryl methyl sites for hydroxylation is 1. The number of amides is 3. The van der Waals surface area contributed by atoms with Crippen molar-refractivity contribution in [3.8, 4) is 0 Å². The van der Waals surface area contributed by atoms with Crippen LogP contribution in [0.5, 0.6) is 0 Å². The van der Waals surface area contributed by atoms with E-state index >= 15 is 0 Å². The minimum absolute atomic E-state index is 0.0874. The molecule has 0 unspecified atom stereocenters. The Bertz CT molecular complexity index is 1200. The Hall–Kier alpha value is -3.39. The smallest absolute Gasteiger partial charge is 0.293 e. The van der Waals surface area contributed by atoms with Gasteiger partial charge in [0.1, 0.15) is 5.82 Å². The van der Waals surface area contributed by atoms with Gasteiger partial charge < -0.3 is 10.3 Å². The summed E-state index contributed by atoms with van der Waals surface area (Å²) < 4.78 is 13.0. The molecule has 8 heteroatoms. The summed E-state index contributed by atoms with van der Waals surface area (Å²) in [6.07, 6.45) is 3.59. The molecule has 0 bridgehead atoms. The first-order valence-electron chi connectivity index (χ1n) is 9.75. The quantitative estimate of drug-likeness (QED) is 0.571. The van der Waals surface area contributed by atoms with Gasteiger partial charge in [0.25, 0.3) is 11.1 Å². The zero-order valence-corrected chi connectivity index (χ0v) is 17.6. The minimum Gasteiger partial charge on any atom is -0.361 e. The summed E-state index contributed by atoms with van der Waals surface area (Å²) in [7, 11) is 0. The number of aromatic amines is 1. The van der Waals surface area contributed by atoms with Crippen molar-refractivity contribution in [2.45, 2.75) is 13.3 Å². The maximum absolute atomic E-state index is 13.0. The van der Waals surface area contributed by atoms with Crippen molar-refractivity contribution in [2.75, 3.05) is 13.1 Å². The second-order valence-electron chi connectivity index (χ2n) is 7.22. The average molecular weight is 437 g/mol. The maximum Gasteiger partial charge on any atom is 0.293 e. The summed E-state index contributed by atoms with van der Waals surface area (Å²) in [6.45, 7) is 2.25. The Balaban J connectivity index is 1.33. The fourth-order valence-corrected chi connectivity index (χ4v) is 4.40. The normalized spacial score (nSPS) is 15.3. The Morgan fingerprint density at radius 1 is 1.19 bits per heavy atom. The van der Waals surface area contributed by atoms with Gasteiger partial charge in [-0.1, -0.05) is 24.3 Å². The molecule has 3 aromatic rings. The number of nitrogens with zero attached hydrogens (tertiary/aromatic N) is 1. The number of imide groups is 1. The van der Waals surface area contributed by atoms with Gasteiger partial charge in [0.2, 0.25) is 5.91 Å². The number of rotatable bonds is 6. The molecule has 0 radical (unpaired) electrons. The van der Waals surface area contributed by atoms with Gasteiger partial charge in [-0.05, 0) is 59.7 Å². The first kappa shape index (κ1) is 20.9. The molecule has 6 nitrogen and oxygen atoms in total. The number of benzene rings is 2. The maximum atomic E-state index is 13.0. The third kappa shape index (κ3) is 4.54. The third-order valence-corrected chi connectivity index (χ3v) is 5.95. The number of thioether (sulfide) groups is 1. The molecule has 2 aromatic carbocycles. The minimum atomic E-state index is -0.416. The first-order chi connectivity index (χ1) is 14.9. The van der Waals surface area contributed by atoms with Crippen LogP contribution in [0.4, 0.5) is 9.18 Å². The molecule has 31 heavy (non-hydrogen) atoms. The average Bonchev–Trinajstić information content (AvgIpc) is 3.26. The first-order valence-corrected chi connectivity index (χ1v) is 10.6. The lowest BCUT2D eigenvalue weighted by atomic mass is 10.1. The van der Waals surface area contributed by atoms with Crippen molar-refractivity contribution in [1.82, 2.24) is 15.2 Å². The van der Waals surface area contributed by atoms with Gasteiger partial charge in [0, 0.05) is 30.2 Å². The van der Waals surface area contributed by atoms with Crippen LogP contribution in [-0.2, 0) is 16.0 Å². The van der Waals surface area contributed by atoms with E-state index < -0.39 is 5.91 Å². The molecule has 2 heterocycles. The fourth-order valence-electron chi connectivity index (χ4n) is 3.54. The molecule has 0 atom stereocenters. The van der Waals surface area contributed by atoms with E-state index in [1.807, 2.05) is 31.3 Å². The van der Waals surface area contributed by atoms with Crippen LogP contribution in [0.15, 0.2) is 53.6 Å². The van der Waals surface area contributed by atoms with Crippen molar-refractivity contribution in [2.24, 2.45) is 0 Å². The van der Waals surface area contributed by atoms with E-state index in [2.05, 4.69) is 10.3 Å². The molecule has 0 spiro atoms.